The summed E-state index contributed by atoms with van der Waals surface area (Å²) in [6.45, 7) is 1.36. The van der Waals surface area contributed by atoms with Crippen LogP contribution in [0, 0.1) is 5.92 Å². The lowest BCUT2D eigenvalue weighted by molar-refractivity contribution is -0.135. The van der Waals surface area contributed by atoms with Crippen LogP contribution < -0.4 is 4.74 Å². The second-order valence-corrected chi connectivity index (χ2v) is 10.2. The van der Waals surface area contributed by atoms with Crippen LogP contribution in [0.15, 0.2) is 54.6 Å². The highest BCUT2D eigenvalue weighted by Crippen LogP contribution is 2.23. The topological polar surface area (TPSA) is 66.9 Å². The molecule has 0 atom stereocenters. The first-order valence-electron chi connectivity index (χ1n) is 10.8. The monoisotopic (exact) mass is 444 g/mol. The number of aryl methyl sites for hydroxylation is 1. The minimum absolute atomic E-state index is 0.0805. The molecule has 168 valence electrons. The molecule has 0 saturated carbocycles. The third-order valence-corrected chi connectivity index (χ3v) is 7.82. The Morgan fingerprint density at radius 3 is 2.29 bits per heavy atom. The summed E-state index contributed by atoms with van der Waals surface area (Å²) in [7, 11) is 0.149. The van der Waals surface area contributed by atoms with Gasteiger partial charge in [-0.15, -0.1) is 0 Å². The highest BCUT2D eigenvalue weighted by molar-refractivity contribution is 7.89. The van der Waals surface area contributed by atoms with Gasteiger partial charge in [0, 0.05) is 32.6 Å². The number of hydrogen-bond donors (Lipinski definition) is 0. The van der Waals surface area contributed by atoms with E-state index in [1.54, 1.807) is 23.4 Å². The Morgan fingerprint density at radius 1 is 1.03 bits per heavy atom. The maximum atomic E-state index is 12.8. The van der Waals surface area contributed by atoms with Crippen LogP contribution in [-0.4, -0.2) is 56.5 Å². The second-order valence-electron chi connectivity index (χ2n) is 8.12. The van der Waals surface area contributed by atoms with Crippen molar-refractivity contribution in [1.29, 1.82) is 0 Å². The first-order chi connectivity index (χ1) is 14.9. The highest BCUT2D eigenvalue weighted by atomic mass is 32.2. The van der Waals surface area contributed by atoms with Gasteiger partial charge in [-0.05, 0) is 48.9 Å². The number of hydrogen-bond acceptors (Lipinski definition) is 4. The van der Waals surface area contributed by atoms with Crippen molar-refractivity contribution in [3.63, 3.8) is 0 Å². The zero-order valence-corrected chi connectivity index (χ0v) is 19.2. The van der Waals surface area contributed by atoms with Gasteiger partial charge in [0.15, 0.2) is 0 Å². The van der Waals surface area contributed by atoms with E-state index in [4.69, 9.17) is 4.74 Å². The first-order valence-corrected chi connectivity index (χ1v) is 12.4. The standard InChI is InChI=1S/C24H32N2O4S/c1-25(19-21-10-12-23(30-2)13-11-21)24(27)22-14-16-26(17-15-22)31(28,29)18-6-9-20-7-4-3-5-8-20/h3-5,7-8,10-13,22H,6,9,14-19H2,1-2H3. The number of ether oxygens (including phenoxy) is 1. The van der Waals surface area contributed by atoms with Crippen molar-refractivity contribution in [2.24, 2.45) is 5.92 Å². The summed E-state index contributed by atoms with van der Waals surface area (Å²) in [6.07, 6.45) is 2.51. The zero-order valence-electron chi connectivity index (χ0n) is 18.4. The Hall–Kier alpha value is -2.38. The molecule has 3 rings (SSSR count). The van der Waals surface area contributed by atoms with E-state index in [0.717, 1.165) is 23.3 Å². The molecule has 1 aliphatic heterocycles. The predicted octanol–water partition coefficient (Wildman–Crippen LogP) is 3.33. The Labute approximate surface area is 185 Å². The van der Waals surface area contributed by atoms with Gasteiger partial charge in [-0.3, -0.25) is 4.79 Å². The van der Waals surface area contributed by atoms with Crippen LogP contribution in [0.2, 0.25) is 0 Å². The van der Waals surface area contributed by atoms with E-state index in [1.807, 2.05) is 54.6 Å². The summed E-state index contributed by atoms with van der Waals surface area (Å²) >= 11 is 0. The number of rotatable bonds is 9. The summed E-state index contributed by atoms with van der Waals surface area (Å²) in [6, 6.07) is 17.6. The summed E-state index contributed by atoms with van der Waals surface area (Å²) in [5, 5.41) is 0. The Balaban J connectivity index is 1.45. The number of sulfonamides is 1. The van der Waals surface area contributed by atoms with Crippen molar-refractivity contribution in [1.82, 2.24) is 9.21 Å². The van der Waals surface area contributed by atoms with Crippen molar-refractivity contribution >= 4 is 15.9 Å². The van der Waals surface area contributed by atoms with Crippen molar-refractivity contribution in [2.75, 3.05) is 33.0 Å². The average Bonchev–Trinajstić information content (AvgIpc) is 2.79. The Kier molecular flexibility index (Phi) is 8.09. The predicted molar refractivity (Wildman–Crippen MR) is 122 cm³/mol. The van der Waals surface area contributed by atoms with Crippen LogP contribution in [0.3, 0.4) is 0 Å². The molecule has 1 heterocycles. The van der Waals surface area contributed by atoms with E-state index < -0.39 is 10.0 Å². The van der Waals surface area contributed by atoms with Gasteiger partial charge in [0.25, 0.3) is 0 Å². The Morgan fingerprint density at radius 2 is 1.68 bits per heavy atom. The molecule has 0 aliphatic carbocycles. The third-order valence-electron chi connectivity index (χ3n) is 5.86. The molecule has 0 aromatic heterocycles. The van der Waals surface area contributed by atoms with Gasteiger partial charge in [-0.1, -0.05) is 42.5 Å². The number of nitrogens with zero attached hydrogens (tertiary/aromatic N) is 2. The molecule has 0 unspecified atom stereocenters. The molecule has 7 heteroatoms. The van der Waals surface area contributed by atoms with Crippen molar-refractivity contribution in [2.45, 2.75) is 32.2 Å². The summed E-state index contributed by atoms with van der Waals surface area (Å²) in [4.78, 5) is 14.6. The van der Waals surface area contributed by atoms with Gasteiger partial charge in [0.2, 0.25) is 15.9 Å². The molecule has 0 radical (unpaired) electrons. The molecular formula is C24H32N2O4S. The molecule has 1 fully saturated rings. The molecule has 0 spiro atoms. The lowest BCUT2D eigenvalue weighted by Crippen LogP contribution is -2.44. The van der Waals surface area contributed by atoms with E-state index >= 15 is 0 Å². The summed E-state index contributed by atoms with van der Waals surface area (Å²) in [5.41, 5.74) is 2.19. The van der Waals surface area contributed by atoms with Crippen LogP contribution in [0.1, 0.15) is 30.4 Å². The number of benzene rings is 2. The molecule has 0 N–H and O–H groups in total. The summed E-state index contributed by atoms with van der Waals surface area (Å²) < 4.78 is 32.1. The van der Waals surface area contributed by atoms with E-state index in [1.165, 1.54) is 0 Å². The maximum Gasteiger partial charge on any atom is 0.225 e. The van der Waals surface area contributed by atoms with Gasteiger partial charge >= 0.3 is 0 Å². The third kappa shape index (κ3) is 6.55. The number of piperidine rings is 1. The lowest BCUT2D eigenvalue weighted by atomic mass is 9.96. The molecule has 1 saturated heterocycles. The maximum absolute atomic E-state index is 12.8. The molecule has 0 bridgehead atoms. The van der Waals surface area contributed by atoms with Crippen molar-refractivity contribution in [3.8, 4) is 5.75 Å². The van der Waals surface area contributed by atoms with Gasteiger partial charge in [-0.25, -0.2) is 12.7 Å². The smallest absolute Gasteiger partial charge is 0.225 e. The molecule has 31 heavy (non-hydrogen) atoms. The van der Waals surface area contributed by atoms with Gasteiger partial charge < -0.3 is 9.64 Å². The van der Waals surface area contributed by atoms with Gasteiger partial charge in [0.05, 0.1) is 12.9 Å². The minimum atomic E-state index is -3.28. The fraction of sp³-hybridized carbons (Fsp3) is 0.458. The van der Waals surface area contributed by atoms with E-state index in [2.05, 4.69) is 0 Å². The van der Waals surface area contributed by atoms with E-state index in [0.29, 0.717) is 38.9 Å². The quantitative estimate of drug-likeness (QED) is 0.595. The molecule has 1 amide bonds. The van der Waals surface area contributed by atoms with Crippen LogP contribution in [0.5, 0.6) is 5.75 Å². The molecular weight excluding hydrogens is 412 g/mol. The van der Waals surface area contributed by atoms with Crippen molar-refractivity contribution < 1.29 is 17.9 Å². The molecule has 2 aromatic rings. The van der Waals surface area contributed by atoms with E-state index in [-0.39, 0.29) is 17.6 Å². The number of methoxy groups -OCH3 is 1. The number of carbonyl (C=O) groups is 1. The molecule has 1 aliphatic rings. The highest BCUT2D eigenvalue weighted by Gasteiger charge is 2.32. The summed E-state index contributed by atoms with van der Waals surface area (Å²) in [5.74, 6) is 0.892. The second kappa shape index (κ2) is 10.8. The Bertz CT molecular complexity index is 937. The number of carbonyl (C=O) groups excluding carboxylic acids is 1. The van der Waals surface area contributed by atoms with Crippen LogP contribution in [-0.2, 0) is 27.8 Å². The fourth-order valence-corrected chi connectivity index (χ4v) is 5.54. The normalized spacial score (nSPS) is 15.5. The van der Waals surface area contributed by atoms with Crippen LogP contribution in [0.4, 0.5) is 0 Å². The van der Waals surface area contributed by atoms with Gasteiger partial charge in [0.1, 0.15) is 5.75 Å². The van der Waals surface area contributed by atoms with Crippen LogP contribution in [0.25, 0.3) is 0 Å². The van der Waals surface area contributed by atoms with E-state index in [9.17, 15) is 13.2 Å². The first kappa shape index (κ1) is 23.3. The number of amides is 1. The lowest BCUT2D eigenvalue weighted by Gasteiger charge is -2.32. The van der Waals surface area contributed by atoms with Gasteiger partial charge in [-0.2, -0.15) is 0 Å². The van der Waals surface area contributed by atoms with Crippen molar-refractivity contribution in [3.05, 3.63) is 65.7 Å². The SMILES string of the molecule is COc1ccc(CN(C)C(=O)C2CCN(S(=O)(=O)CCCc3ccccc3)CC2)cc1. The molecule has 6 nitrogen and oxygen atoms in total. The zero-order chi connectivity index (χ0) is 22.3. The average molecular weight is 445 g/mol. The van der Waals surface area contributed by atoms with Crippen LogP contribution >= 0.6 is 0 Å². The fourth-order valence-electron chi connectivity index (χ4n) is 4.01. The molecule has 2 aromatic carbocycles. The largest absolute Gasteiger partial charge is 0.497 e. The minimum Gasteiger partial charge on any atom is -0.497 e.